The minimum atomic E-state index is -0.630. The Bertz CT molecular complexity index is 534. The number of benzene rings is 1. The second-order valence-electron chi connectivity index (χ2n) is 5.67. The third-order valence-electron chi connectivity index (χ3n) is 3.67. The highest BCUT2D eigenvalue weighted by atomic mass is 16.6. The molecule has 0 aliphatic carbocycles. The first-order chi connectivity index (χ1) is 9.38. The quantitative estimate of drug-likeness (QED) is 0.677. The van der Waals surface area contributed by atoms with Crippen LogP contribution in [0.25, 0.3) is 0 Å². The van der Waals surface area contributed by atoms with Crippen molar-refractivity contribution in [3.63, 3.8) is 0 Å². The Kier molecular flexibility index (Phi) is 3.92. The van der Waals surface area contributed by atoms with Gasteiger partial charge < -0.3 is 10.6 Å². The van der Waals surface area contributed by atoms with Gasteiger partial charge in [0, 0.05) is 25.2 Å². The molecule has 0 spiro atoms. The maximum atomic E-state index is 11.6. The predicted molar refractivity (Wildman–Crippen MR) is 76.8 cm³/mol. The number of primary amides is 1. The molecule has 1 aromatic carbocycles. The van der Waals surface area contributed by atoms with E-state index in [9.17, 15) is 14.9 Å². The van der Waals surface area contributed by atoms with Crippen LogP contribution in [-0.2, 0) is 0 Å². The lowest BCUT2D eigenvalue weighted by Gasteiger charge is -2.37. The van der Waals surface area contributed by atoms with Crippen LogP contribution >= 0.6 is 0 Å². The van der Waals surface area contributed by atoms with Gasteiger partial charge in [-0.15, -0.1) is 0 Å². The van der Waals surface area contributed by atoms with Crippen LogP contribution in [0.15, 0.2) is 18.2 Å². The van der Waals surface area contributed by atoms with E-state index in [1.165, 1.54) is 12.1 Å². The summed E-state index contributed by atoms with van der Waals surface area (Å²) < 4.78 is 0. The maximum Gasteiger partial charge on any atom is 0.270 e. The molecule has 1 amide bonds. The van der Waals surface area contributed by atoms with Crippen LogP contribution in [0.1, 0.15) is 30.6 Å². The summed E-state index contributed by atoms with van der Waals surface area (Å²) in [5.41, 5.74) is 6.18. The van der Waals surface area contributed by atoms with Gasteiger partial charge in [0.15, 0.2) is 0 Å². The Balaban J connectivity index is 2.40. The van der Waals surface area contributed by atoms with Gasteiger partial charge in [0.05, 0.1) is 16.2 Å². The SMILES string of the molecule is C[C@@H]1C[C@@H](C)CN(c2ccc([N+](=O)[O-])cc2C(N)=O)C1. The van der Waals surface area contributed by atoms with Gasteiger partial charge >= 0.3 is 0 Å². The van der Waals surface area contributed by atoms with E-state index in [1.807, 2.05) is 0 Å². The first-order valence-electron chi connectivity index (χ1n) is 6.71. The van der Waals surface area contributed by atoms with E-state index in [0.29, 0.717) is 17.5 Å². The monoisotopic (exact) mass is 277 g/mol. The summed E-state index contributed by atoms with van der Waals surface area (Å²) in [6.45, 7) is 6.00. The molecule has 2 atom stereocenters. The number of nitro groups is 1. The normalized spacial score (nSPS) is 22.6. The standard InChI is InChI=1S/C14H19N3O3/c1-9-5-10(2)8-16(7-9)13-4-3-11(17(19)20)6-12(13)14(15)18/h3-4,6,9-10H,5,7-8H2,1-2H3,(H2,15,18)/t9-,10-/m1/s1. The summed E-state index contributed by atoms with van der Waals surface area (Å²) in [6.07, 6.45) is 1.15. The zero-order valence-electron chi connectivity index (χ0n) is 11.7. The molecule has 0 aromatic heterocycles. The number of piperidine rings is 1. The van der Waals surface area contributed by atoms with E-state index < -0.39 is 10.8 Å². The number of nitro benzene ring substituents is 1. The van der Waals surface area contributed by atoms with Gasteiger partial charge in [-0.3, -0.25) is 14.9 Å². The van der Waals surface area contributed by atoms with Gasteiger partial charge in [-0.25, -0.2) is 0 Å². The average Bonchev–Trinajstić information content (AvgIpc) is 2.36. The number of carbonyl (C=O) groups excluding carboxylic acids is 1. The molecule has 1 aliphatic rings. The summed E-state index contributed by atoms with van der Waals surface area (Å²) >= 11 is 0. The molecule has 1 aromatic rings. The zero-order valence-corrected chi connectivity index (χ0v) is 11.7. The number of hydrogen-bond acceptors (Lipinski definition) is 4. The molecular formula is C14H19N3O3. The smallest absolute Gasteiger partial charge is 0.270 e. The lowest BCUT2D eigenvalue weighted by molar-refractivity contribution is -0.384. The van der Waals surface area contributed by atoms with E-state index in [0.717, 1.165) is 19.5 Å². The molecule has 0 unspecified atom stereocenters. The largest absolute Gasteiger partial charge is 0.370 e. The highest BCUT2D eigenvalue weighted by Gasteiger charge is 2.25. The number of anilines is 1. The molecular weight excluding hydrogens is 258 g/mol. The number of hydrogen-bond donors (Lipinski definition) is 1. The van der Waals surface area contributed by atoms with Crippen molar-refractivity contribution in [1.29, 1.82) is 0 Å². The van der Waals surface area contributed by atoms with Gasteiger partial charge in [0.25, 0.3) is 11.6 Å². The Morgan fingerprint density at radius 1 is 1.35 bits per heavy atom. The van der Waals surface area contributed by atoms with Crippen molar-refractivity contribution in [3.8, 4) is 0 Å². The van der Waals surface area contributed by atoms with Crippen molar-refractivity contribution in [2.24, 2.45) is 17.6 Å². The zero-order chi connectivity index (χ0) is 14.9. The minimum Gasteiger partial charge on any atom is -0.370 e. The molecule has 0 saturated carbocycles. The lowest BCUT2D eigenvalue weighted by atomic mass is 9.91. The van der Waals surface area contributed by atoms with E-state index in [1.54, 1.807) is 6.07 Å². The van der Waals surface area contributed by atoms with Crippen LogP contribution in [0.5, 0.6) is 0 Å². The third kappa shape index (κ3) is 2.89. The van der Waals surface area contributed by atoms with Crippen LogP contribution in [-0.4, -0.2) is 23.9 Å². The van der Waals surface area contributed by atoms with Gasteiger partial charge in [0.2, 0.25) is 0 Å². The highest BCUT2D eigenvalue weighted by Crippen LogP contribution is 2.30. The molecule has 108 valence electrons. The predicted octanol–water partition coefficient (Wildman–Crippen LogP) is 2.18. The number of nitrogens with zero attached hydrogens (tertiary/aromatic N) is 2. The van der Waals surface area contributed by atoms with E-state index in [-0.39, 0.29) is 11.3 Å². The third-order valence-corrected chi connectivity index (χ3v) is 3.67. The van der Waals surface area contributed by atoms with Crippen molar-refractivity contribution in [2.45, 2.75) is 20.3 Å². The van der Waals surface area contributed by atoms with Crippen molar-refractivity contribution < 1.29 is 9.72 Å². The van der Waals surface area contributed by atoms with Crippen LogP contribution in [0.4, 0.5) is 11.4 Å². The van der Waals surface area contributed by atoms with Gasteiger partial charge in [-0.2, -0.15) is 0 Å². The molecule has 1 fully saturated rings. The number of rotatable bonds is 3. The number of carbonyl (C=O) groups is 1. The molecule has 0 bridgehead atoms. The molecule has 6 nitrogen and oxygen atoms in total. The first-order valence-corrected chi connectivity index (χ1v) is 6.71. The van der Waals surface area contributed by atoms with Crippen molar-refractivity contribution in [2.75, 3.05) is 18.0 Å². The van der Waals surface area contributed by atoms with E-state index in [2.05, 4.69) is 18.7 Å². The number of nitrogens with two attached hydrogens (primary N) is 1. The fraction of sp³-hybridized carbons (Fsp3) is 0.500. The molecule has 2 rings (SSSR count). The number of non-ortho nitro benzene ring substituents is 1. The fourth-order valence-electron chi connectivity index (χ4n) is 2.97. The first kappa shape index (κ1) is 14.3. The van der Waals surface area contributed by atoms with Gasteiger partial charge in [0.1, 0.15) is 0 Å². The Labute approximate surface area is 117 Å². The van der Waals surface area contributed by atoms with Crippen LogP contribution in [0.3, 0.4) is 0 Å². The fourth-order valence-corrected chi connectivity index (χ4v) is 2.97. The topological polar surface area (TPSA) is 89.5 Å². The summed E-state index contributed by atoms with van der Waals surface area (Å²) in [5, 5.41) is 10.8. The summed E-state index contributed by atoms with van der Waals surface area (Å²) in [6, 6.07) is 4.32. The molecule has 0 radical (unpaired) electrons. The Morgan fingerprint density at radius 2 is 1.95 bits per heavy atom. The van der Waals surface area contributed by atoms with Crippen molar-refractivity contribution >= 4 is 17.3 Å². The Morgan fingerprint density at radius 3 is 2.45 bits per heavy atom. The molecule has 1 heterocycles. The lowest BCUT2D eigenvalue weighted by Crippen LogP contribution is -2.39. The maximum absolute atomic E-state index is 11.6. The second kappa shape index (κ2) is 5.48. The summed E-state index contributed by atoms with van der Waals surface area (Å²) in [4.78, 5) is 24.0. The van der Waals surface area contributed by atoms with Gasteiger partial charge in [-0.05, 0) is 24.3 Å². The van der Waals surface area contributed by atoms with Crippen molar-refractivity contribution in [3.05, 3.63) is 33.9 Å². The molecule has 2 N–H and O–H groups in total. The second-order valence-corrected chi connectivity index (χ2v) is 5.67. The molecule has 6 heteroatoms. The molecule has 20 heavy (non-hydrogen) atoms. The number of amides is 1. The Hall–Kier alpha value is -2.11. The minimum absolute atomic E-state index is 0.111. The summed E-state index contributed by atoms with van der Waals surface area (Å²) in [7, 11) is 0. The van der Waals surface area contributed by atoms with Crippen LogP contribution in [0, 0.1) is 22.0 Å². The average molecular weight is 277 g/mol. The van der Waals surface area contributed by atoms with Crippen molar-refractivity contribution in [1.82, 2.24) is 0 Å². The van der Waals surface area contributed by atoms with Crippen LogP contribution < -0.4 is 10.6 Å². The van der Waals surface area contributed by atoms with E-state index in [4.69, 9.17) is 5.73 Å². The molecule has 1 aliphatic heterocycles. The van der Waals surface area contributed by atoms with E-state index >= 15 is 0 Å². The highest BCUT2D eigenvalue weighted by molar-refractivity contribution is 5.99. The summed E-state index contributed by atoms with van der Waals surface area (Å²) in [5.74, 6) is 0.416. The van der Waals surface area contributed by atoms with Gasteiger partial charge in [-0.1, -0.05) is 13.8 Å². The van der Waals surface area contributed by atoms with Crippen LogP contribution in [0.2, 0.25) is 0 Å². The molecule has 1 saturated heterocycles.